The number of carbonyl (C=O) groups is 1. The summed E-state index contributed by atoms with van der Waals surface area (Å²) in [6.07, 6.45) is 3.85. The molecule has 3 aromatic rings. The fourth-order valence-electron chi connectivity index (χ4n) is 3.39. The molecule has 0 aliphatic carbocycles. The average Bonchev–Trinajstić information content (AvgIpc) is 2.90. The van der Waals surface area contributed by atoms with E-state index in [9.17, 15) is 15.3 Å². The fourth-order valence-corrected chi connectivity index (χ4v) is 3.39. The van der Waals surface area contributed by atoms with Gasteiger partial charge in [0.1, 0.15) is 29.7 Å². The highest BCUT2D eigenvalue weighted by molar-refractivity contribution is 6.01. The SMILES string of the molecule is C=CCc1cc(/C=C(/C#N)C(=O)NCc2ccc(OC)cc2)ccc1OCc1ccccc1C#N. The zero-order chi connectivity index (χ0) is 25.0. The maximum atomic E-state index is 12.6. The number of amides is 1. The number of hydrogen-bond acceptors (Lipinski definition) is 5. The number of allylic oxidation sites excluding steroid dienone is 1. The summed E-state index contributed by atoms with van der Waals surface area (Å²) in [6.45, 7) is 4.35. The lowest BCUT2D eigenvalue weighted by Gasteiger charge is -2.12. The third-order valence-electron chi connectivity index (χ3n) is 5.26. The van der Waals surface area contributed by atoms with Gasteiger partial charge in [0.15, 0.2) is 0 Å². The van der Waals surface area contributed by atoms with E-state index in [2.05, 4.69) is 18.0 Å². The predicted molar refractivity (Wildman–Crippen MR) is 134 cm³/mol. The first-order valence-corrected chi connectivity index (χ1v) is 11.0. The maximum Gasteiger partial charge on any atom is 0.262 e. The van der Waals surface area contributed by atoms with Crippen LogP contribution >= 0.6 is 0 Å². The highest BCUT2D eigenvalue weighted by Crippen LogP contribution is 2.24. The van der Waals surface area contributed by atoms with Gasteiger partial charge < -0.3 is 14.8 Å². The number of hydrogen-bond donors (Lipinski definition) is 1. The van der Waals surface area contributed by atoms with Crippen molar-refractivity contribution < 1.29 is 14.3 Å². The van der Waals surface area contributed by atoms with Crippen LogP contribution in [0, 0.1) is 22.7 Å². The lowest BCUT2D eigenvalue weighted by molar-refractivity contribution is -0.117. The quantitative estimate of drug-likeness (QED) is 0.256. The van der Waals surface area contributed by atoms with Crippen molar-refractivity contribution in [1.82, 2.24) is 5.32 Å². The lowest BCUT2D eigenvalue weighted by Crippen LogP contribution is -2.23. The normalized spacial score (nSPS) is 10.5. The van der Waals surface area contributed by atoms with Gasteiger partial charge in [-0.15, -0.1) is 6.58 Å². The van der Waals surface area contributed by atoms with Gasteiger partial charge in [-0.3, -0.25) is 4.79 Å². The maximum absolute atomic E-state index is 12.6. The monoisotopic (exact) mass is 463 g/mol. The van der Waals surface area contributed by atoms with Gasteiger partial charge in [-0.25, -0.2) is 0 Å². The molecule has 1 amide bonds. The molecule has 0 aromatic heterocycles. The van der Waals surface area contributed by atoms with Crippen molar-refractivity contribution in [2.75, 3.05) is 7.11 Å². The van der Waals surface area contributed by atoms with Crippen LogP contribution in [0.2, 0.25) is 0 Å². The van der Waals surface area contributed by atoms with Crippen LogP contribution < -0.4 is 14.8 Å². The van der Waals surface area contributed by atoms with Crippen LogP contribution in [0.15, 0.2) is 85.0 Å². The van der Waals surface area contributed by atoms with Crippen molar-refractivity contribution in [2.24, 2.45) is 0 Å². The zero-order valence-corrected chi connectivity index (χ0v) is 19.5. The molecule has 0 bridgehead atoms. The summed E-state index contributed by atoms with van der Waals surface area (Å²) >= 11 is 0. The van der Waals surface area contributed by atoms with Crippen LogP contribution in [-0.2, 0) is 24.4 Å². The highest BCUT2D eigenvalue weighted by Gasteiger charge is 2.11. The topological polar surface area (TPSA) is 95.1 Å². The second kappa shape index (κ2) is 12.4. The van der Waals surface area contributed by atoms with Crippen LogP contribution in [-0.4, -0.2) is 13.0 Å². The Labute approximate surface area is 205 Å². The number of nitrogens with one attached hydrogen (secondary N) is 1. The molecule has 174 valence electrons. The molecule has 3 rings (SSSR count). The first-order chi connectivity index (χ1) is 17.1. The van der Waals surface area contributed by atoms with E-state index in [1.165, 1.54) is 0 Å². The van der Waals surface area contributed by atoms with E-state index >= 15 is 0 Å². The molecule has 35 heavy (non-hydrogen) atoms. The van der Waals surface area contributed by atoms with Crippen LogP contribution in [0.1, 0.15) is 27.8 Å². The molecule has 0 fully saturated rings. The summed E-state index contributed by atoms with van der Waals surface area (Å²) in [5, 5.41) is 21.6. The van der Waals surface area contributed by atoms with Crippen LogP contribution in [0.5, 0.6) is 11.5 Å². The van der Waals surface area contributed by atoms with E-state index in [0.29, 0.717) is 29.8 Å². The number of nitriles is 2. The van der Waals surface area contributed by atoms with Crippen LogP contribution in [0.25, 0.3) is 6.08 Å². The molecule has 0 aliphatic heterocycles. The molecule has 0 radical (unpaired) electrons. The van der Waals surface area contributed by atoms with Gasteiger partial charge in [0, 0.05) is 12.1 Å². The number of rotatable bonds is 10. The summed E-state index contributed by atoms with van der Waals surface area (Å²) < 4.78 is 11.1. The van der Waals surface area contributed by atoms with Crippen molar-refractivity contribution in [1.29, 1.82) is 10.5 Å². The minimum Gasteiger partial charge on any atom is -0.497 e. The molecule has 0 heterocycles. The molecule has 0 saturated heterocycles. The Morgan fingerprint density at radius 3 is 2.51 bits per heavy atom. The molecule has 0 aliphatic rings. The van der Waals surface area contributed by atoms with Gasteiger partial charge in [-0.05, 0) is 59.5 Å². The Kier molecular flexibility index (Phi) is 8.82. The summed E-state index contributed by atoms with van der Waals surface area (Å²) in [4.78, 5) is 12.6. The molecular formula is C29H25N3O3. The van der Waals surface area contributed by atoms with Crippen LogP contribution in [0.4, 0.5) is 0 Å². The van der Waals surface area contributed by atoms with Gasteiger partial charge in [-0.1, -0.05) is 42.5 Å². The molecule has 6 heteroatoms. The number of methoxy groups -OCH3 is 1. The van der Waals surface area contributed by atoms with E-state index in [-0.39, 0.29) is 12.2 Å². The van der Waals surface area contributed by atoms with E-state index in [4.69, 9.17) is 9.47 Å². The minimum atomic E-state index is -0.456. The summed E-state index contributed by atoms with van der Waals surface area (Å²) in [6, 6.07) is 24.2. The Balaban J connectivity index is 1.73. The van der Waals surface area contributed by atoms with Crippen molar-refractivity contribution in [2.45, 2.75) is 19.6 Å². The van der Waals surface area contributed by atoms with Gasteiger partial charge in [0.2, 0.25) is 0 Å². The Bertz CT molecular complexity index is 1310. The minimum absolute atomic E-state index is 0.000296. The van der Waals surface area contributed by atoms with Gasteiger partial charge in [-0.2, -0.15) is 10.5 Å². The van der Waals surface area contributed by atoms with Crippen molar-refractivity contribution in [3.8, 4) is 23.6 Å². The molecule has 3 aromatic carbocycles. The van der Waals surface area contributed by atoms with Gasteiger partial charge in [0.25, 0.3) is 5.91 Å². The third kappa shape index (κ3) is 6.83. The van der Waals surface area contributed by atoms with Gasteiger partial charge in [0.05, 0.1) is 18.7 Å². The standard InChI is InChI=1S/C29H25N3O3/c1-3-6-23-15-22(11-14-28(23)35-20-25-8-5-4-7-24(25)17-30)16-26(18-31)29(33)32-19-21-9-12-27(34-2)13-10-21/h3-5,7-16H,1,6,19-20H2,2H3,(H,32,33)/b26-16-. The lowest BCUT2D eigenvalue weighted by atomic mass is 10.0. The van der Waals surface area contributed by atoms with Crippen molar-refractivity contribution >= 4 is 12.0 Å². The average molecular weight is 464 g/mol. The summed E-state index contributed by atoms with van der Waals surface area (Å²) in [7, 11) is 1.59. The molecule has 6 nitrogen and oxygen atoms in total. The van der Waals surface area contributed by atoms with E-state index in [0.717, 1.165) is 22.4 Å². The molecular weight excluding hydrogens is 438 g/mol. The largest absolute Gasteiger partial charge is 0.497 e. The van der Waals surface area contributed by atoms with E-state index in [1.54, 1.807) is 37.5 Å². The third-order valence-corrected chi connectivity index (χ3v) is 5.26. The summed E-state index contributed by atoms with van der Waals surface area (Å²) in [5.74, 6) is 0.925. The van der Waals surface area contributed by atoms with Crippen molar-refractivity contribution in [3.63, 3.8) is 0 Å². The second-order valence-corrected chi connectivity index (χ2v) is 7.62. The number of carbonyl (C=O) groups excluding carboxylic acids is 1. The van der Waals surface area contributed by atoms with E-state index < -0.39 is 5.91 Å². The number of benzene rings is 3. The van der Waals surface area contributed by atoms with Crippen molar-refractivity contribution in [3.05, 3.63) is 113 Å². The molecule has 0 unspecified atom stereocenters. The zero-order valence-electron chi connectivity index (χ0n) is 19.5. The predicted octanol–water partition coefficient (Wildman–Crippen LogP) is 5.10. The molecule has 1 N–H and O–H groups in total. The Hall–Kier alpha value is -4.81. The number of ether oxygens (including phenoxy) is 2. The first-order valence-electron chi connectivity index (χ1n) is 11.0. The van der Waals surface area contributed by atoms with Crippen LogP contribution in [0.3, 0.4) is 0 Å². The Morgan fingerprint density at radius 2 is 1.83 bits per heavy atom. The smallest absolute Gasteiger partial charge is 0.262 e. The van der Waals surface area contributed by atoms with E-state index in [1.807, 2.05) is 54.6 Å². The summed E-state index contributed by atoms with van der Waals surface area (Å²) in [5.41, 5.74) is 3.81. The first kappa shape index (κ1) is 24.8. The Morgan fingerprint density at radius 1 is 1.06 bits per heavy atom. The highest BCUT2D eigenvalue weighted by atomic mass is 16.5. The molecule has 0 atom stereocenters. The van der Waals surface area contributed by atoms with Gasteiger partial charge >= 0.3 is 0 Å². The molecule has 0 saturated carbocycles. The second-order valence-electron chi connectivity index (χ2n) is 7.62. The molecule has 0 spiro atoms. The fraction of sp³-hybridized carbons (Fsp3) is 0.138. The number of nitrogens with zero attached hydrogens (tertiary/aromatic N) is 2.